The first kappa shape index (κ1) is 22.4. The third-order valence-corrected chi connectivity index (χ3v) is 7.05. The molecule has 0 aliphatic carbocycles. The van der Waals surface area contributed by atoms with Crippen LogP contribution >= 0.6 is 11.8 Å². The zero-order valence-electron chi connectivity index (χ0n) is 17.0. The number of aryl methyl sites for hydroxylation is 2. The first-order valence-corrected chi connectivity index (χ1v) is 10.3. The summed E-state index contributed by atoms with van der Waals surface area (Å²) in [5, 5.41) is 21.6. The second kappa shape index (κ2) is 8.43. The maximum atomic E-state index is 12.3. The van der Waals surface area contributed by atoms with E-state index >= 15 is 0 Å². The Morgan fingerprint density at radius 2 is 2.14 bits per heavy atom. The topological polar surface area (TPSA) is 98.0 Å². The number of thioether (sulfide) groups is 1. The molecule has 0 bridgehead atoms. The van der Waals surface area contributed by atoms with Gasteiger partial charge in [0, 0.05) is 34.9 Å². The normalized spacial score (nSPS) is 24.3. The van der Waals surface area contributed by atoms with Gasteiger partial charge in [0.05, 0.1) is 35.4 Å². The monoisotopic (exact) mass is 423 g/mol. The number of aromatic nitrogens is 2. The molecule has 29 heavy (non-hydrogen) atoms. The number of carboxylic acids is 1. The van der Waals surface area contributed by atoms with E-state index in [9.17, 15) is 19.8 Å². The Bertz CT molecular complexity index is 1000. The summed E-state index contributed by atoms with van der Waals surface area (Å²) in [5.41, 5.74) is 2.90. The predicted octanol–water partition coefficient (Wildman–Crippen LogP) is -2.26. The van der Waals surface area contributed by atoms with Crippen molar-refractivity contribution in [2.75, 3.05) is 5.75 Å². The van der Waals surface area contributed by atoms with Gasteiger partial charge in [0.15, 0.2) is 0 Å². The summed E-state index contributed by atoms with van der Waals surface area (Å²) in [6.07, 6.45) is 1.86. The zero-order chi connectivity index (χ0) is 20.2. The first-order chi connectivity index (χ1) is 13.3. The van der Waals surface area contributed by atoms with E-state index in [4.69, 9.17) is 0 Å². The van der Waals surface area contributed by atoms with Crippen molar-refractivity contribution >= 4 is 29.3 Å². The molecular weight excluding hydrogens is 401 g/mol. The number of imidazole rings is 1. The third kappa shape index (κ3) is 3.55. The Kier molecular flexibility index (Phi) is 6.50. The van der Waals surface area contributed by atoms with Crippen LogP contribution in [0.1, 0.15) is 25.2 Å². The quantitative estimate of drug-likeness (QED) is 0.416. The molecular formula is C20H22N3NaO4S. The van der Waals surface area contributed by atoms with Crippen molar-refractivity contribution in [3.05, 3.63) is 46.4 Å². The molecule has 4 rings (SSSR count). The second-order valence-corrected chi connectivity index (χ2v) is 8.56. The SMILES string of the molecule is Cc1c(CCSC2=C(C(=O)[O-])N3C(=O)[C@H]([C@@H](C)O)[C@H]3C2C)nc2ccccn12.[Na+]. The fraction of sp³-hybridized carbons (Fsp3) is 0.450. The van der Waals surface area contributed by atoms with E-state index in [1.807, 2.05) is 42.6 Å². The molecule has 7 nitrogen and oxygen atoms in total. The third-order valence-electron chi connectivity index (χ3n) is 5.77. The second-order valence-electron chi connectivity index (χ2n) is 7.43. The van der Waals surface area contributed by atoms with E-state index in [1.54, 1.807) is 6.92 Å². The molecule has 4 atom stereocenters. The van der Waals surface area contributed by atoms with Crippen LogP contribution in [0.25, 0.3) is 5.65 Å². The maximum absolute atomic E-state index is 12.3. The molecule has 2 aromatic heterocycles. The average Bonchev–Trinajstić information content (AvgIpc) is 3.08. The van der Waals surface area contributed by atoms with Crippen LogP contribution in [0, 0.1) is 18.8 Å². The molecule has 1 unspecified atom stereocenters. The number of hydrogen-bond acceptors (Lipinski definition) is 6. The molecule has 1 saturated heterocycles. The molecule has 0 spiro atoms. The van der Waals surface area contributed by atoms with Gasteiger partial charge in [0.25, 0.3) is 0 Å². The number of carboxylic acid groups (broad SMARTS) is 1. The first-order valence-electron chi connectivity index (χ1n) is 9.35. The maximum Gasteiger partial charge on any atom is 1.00 e. The molecule has 2 aromatic rings. The van der Waals surface area contributed by atoms with Crippen molar-refractivity contribution in [2.45, 2.75) is 39.3 Å². The Labute approximate surface area is 195 Å². The predicted molar refractivity (Wildman–Crippen MR) is 103 cm³/mol. The van der Waals surface area contributed by atoms with Gasteiger partial charge in [-0.15, -0.1) is 11.8 Å². The van der Waals surface area contributed by atoms with Crippen molar-refractivity contribution in [1.29, 1.82) is 0 Å². The van der Waals surface area contributed by atoms with Gasteiger partial charge < -0.3 is 24.3 Å². The van der Waals surface area contributed by atoms with Gasteiger partial charge in [-0.1, -0.05) is 13.0 Å². The number of rotatable bonds is 6. The molecule has 0 aromatic carbocycles. The van der Waals surface area contributed by atoms with E-state index in [1.165, 1.54) is 16.7 Å². The fourth-order valence-corrected chi connectivity index (χ4v) is 5.60. The number of aliphatic hydroxyl groups is 1. The van der Waals surface area contributed by atoms with Crippen LogP contribution < -0.4 is 34.7 Å². The van der Waals surface area contributed by atoms with Crippen molar-refractivity contribution in [2.24, 2.45) is 11.8 Å². The summed E-state index contributed by atoms with van der Waals surface area (Å²) < 4.78 is 2.03. The van der Waals surface area contributed by atoms with Crippen LogP contribution in [0.2, 0.25) is 0 Å². The Morgan fingerprint density at radius 3 is 2.76 bits per heavy atom. The number of fused-ring (bicyclic) bond motifs is 2. The summed E-state index contributed by atoms with van der Waals surface area (Å²) in [6, 6.07) is 5.54. The standard InChI is InChI=1S/C20H23N3O4S.Na/c1-10-16-15(12(3)24)19(25)23(16)17(20(26)27)18(10)28-9-7-13-11(2)22-8-5-4-6-14(22)21-13;/h4-6,8,10,12,15-16,24H,7,9H2,1-3H3,(H,26,27);/q;+1/p-1/t10?,12-,15-,16-;/m1./s1. The van der Waals surface area contributed by atoms with Crippen molar-refractivity contribution < 1.29 is 49.4 Å². The van der Waals surface area contributed by atoms with Crippen LogP contribution in [-0.4, -0.2) is 49.2 Å². The van der Waals surface area contributed by atoms with Gasteiger partial charge in [0.1, 0.15) is 5.65 Å². The Morgan fingerprint density at radius 1 is 1.41 bits per heavy atom. The van der Waals surface area contributed by atoms with Crippen LogP contribution in [0.3, 0.4) is 0 Å². The summed E-state index contributed by atoms with van der Waals surface area (Å²) in [6.45, 7) is 5.50. The minimum Gasteiger partial charge on any atom is -0.543 e. The van der Waals surface area contributed by atoms with Crippen molar-refractivity contribution in [1.82, 2.24) is 14.3 Å². The van der Waals surface area contributed by atoms with E-state index in [0.717, 1.165) is 17.0 Å². The molecule has 1 N–H and O–H groups in total. The number of amides is 1. The van der Waals surface area contributed by atoms with Crippen molar-refractivity contribution in [3.63, 3.8) is 0 Å². The molecule has 0 saturated carbocycles. The molecule has 1 amide bonds. The molecule has 2 aliphatic heterocycles. The van der Waals surface area contributed by atoms with Gasteiger partial charge in [-0.25, -0.2) is 4.98 Å². The minimum absolute atomic E-state index is 0. The van der Waals surface area contributed by atoms with Gasteiger partial charge in [-0.05, 0) is 26.0 Å². The number of carbonyl (C=O) groups excluding carboxylic acids is 2. The zero-order valence-corrected chi connectivity index (χ0v) is 19.8. The van der Waals surface area contributed by atoms with E-state index in [0.29, 0.717) is 17.1 Å². The van der Waals surface area contributed by atoms with E-state index in [2.05, 4.69) is 4.98 Å². The molecule has 4 heterocycles. The van der Waals surface area contributed by atoms with Crippen LogP contribution in [0.15, 0.2) is 35.0 Å². The van der Waals surface area contributed by atoms with E-state index in [-0.39, 0.29) is 53.1 Å². The smallest absolute Gasteiger partial charge is 0.543 e. The van der Waals surface area contributed by atoms with Gasteiger partial charge >= 0.3 is 29.6 Å². The summed E-state index contributed by atoms with van der Waals surface area (Å²) in [4.78, 5) is 30.7. The Hall–Kier alpha value is -1.32. The summed E-state index contributed by atoms with van der Waals surface area (Å²) >= 11 is 1.44. The largest absolute Gasteiger partial charge is 1.00 e. The molecule has 1 fully saturated rings. The number of aliphatic hydroxyl groups excluding tert-OH is 1. The molecule has 148 valence electrons. The van der Waals surface area contributed by atoms with Crippen LogP contribution in [-0.2, 0) is 16.0 Å². The summed E-state index contributed by atoms with van der Waals surface area (Å²) in [7, 11) is 0. The summed E-state index contributed by atoms with van der Waals surface area (Å²) in [5.74, 6) is -1.72. The van der Waals surface area contributed by atoms with Crippen LogP contribution in [0.4, 0.5) is 0 Å². The van der Waals surface area contributed by atoms with E-state index < -0.39 is 18.0 Å². The van der Waals surface area contributed by atoms with Gasteiger partial charge in [0.2, 0.25) is 5.91 Å². The number of hydrogen-bond donors (Lipinski definition) is 1. The number of pyridine rings is 1. The molecule has 0 radical (unpaired) electrons. The molecule has 9 heteroatoms. The van der Waals surface area contributed by atoms with Gasteiger partial charge in [-0.2, -0.15) is 0 Å². The average molecular weight is 423 g/mol. The number of β-lactam (4-membered cyclic amide) rings is 1. The van der Waals surface area contributed by atoms with Gasteiger partial charge in [-0.3, -0.25) is 4.79 Å². The van der Waals surface area contributed by atoms with Crippen molar-refractivity contribution in [3.8, 4) is 0 Å². The fourth-order valence-electron chi connectivity index (χ4n) is 4.37. The number of nitrogens with zero attached hydrogens (tertiary/aromatic N) is 3. The number of aliphatic carboxylic acids is 1. The molecule has 2 aliphatic rings. The number of carbonyl (C=O) groups is 2. The Balaban J connectivity index is 0.00000240. The minimum atomic E-state index is -1.34. The van der Waals surface area contributed by atoms with Crippen LogP contribution in [0.5, 0.6) is 0 Å².